The fourth-order valence-corrected chi connectivity index (χ4v) is 8.50. The first-order valence-electron chi connectivity index (χ1n) is 11.2. The van der Waals surface area contributed by atoms with Gasteiger partial charge in [-0.15, -0.1) is 0 Å². The van der Waals surface area contributed by atoms with Gasteiger partial charge in [0.05, 0.1) is 13.2 Å². The van der Waals surface area contributed by atoms with Crippen LogP contribution in [0.3, 0.4) is 0 Å². The van der Waals surface area contributed by atoms with Crippen LogP contribution in [0.2, 0.25) is 0 Å². The molecule has 0 unspecified atom stereocenters. The van der Waals surface area contributed by atoms with Gasteiger partial charge in [0.25, 0.3) is 5.16 Å². The summed E-state index contributed by atoms with van der Waals surface area (Å²) in [4.78, 5) is 3.29. The topological polar surface area (TPSA) is 202 Å². The van der Waals surface area contributed by atoms with Crippen LogP contribution >= 0.6 is 0 Å². The summed E-state index contributed by atoms with van der Waals surface area (Å²) in [5, 5.41) is -5.34. The third-order valence-corrected chi connectivity index (χ3v) is 9.84. The maximum atomic E-state index is 13.3. The van der Waals surface area contributed by atoms with Gasteiger partial charge in [-0.2, -0.15) is 42.6 Å². The lowest BCUT2D eigenvalue weighted by Gasteiger charge is -2.11. The second-order valence-electron chi connectivity index (χ2n) is 8.00. The van der Waals surface area contributed by atoms with Crippen LogP contribution in [0.25, 0.3) is 0 Å². The van der Waals surface area contributed by atoms with Gasteiger partial charge in [0.15, 0.2) is 0 Å². The molecular formula is C23H20N2O12S4. The molecule has 14 nitrogen and oxygen atoms in total. The molecule has 0 saturated carbocycles. The SMILES string of the molecule is O=S(=O)(Oc1ccccc1)c1nc(S(=O)(=O)OCc2ccccc2)n(S(=O)(=O)O)c1S(=O)(=O)OCc1ccccc1. The van der Waals surface area contributed by atoms with E-state index in [1.807, 2.05) is 0 Å². The van der Waals surface area contributed by atoms with Crippen molar-refractivity contribution in [3.8, 4) is 5.75 Å². The number of hydrogen-bond acceptors (Lipinski definition) is 12. The molecule has 0 saturated heterocycles. The Labute approximate surface area is 236 Å². The number of rotatable bonds is 12. The molecule has 1 heterocycles. The van der Waals surface area contributed by atoms with E-state index in [1.165, 1.54) is 54.6 Å². The highest BCUT2D eigenvalue weighted by atomic mass is 32.2. The molecule has 0 spiro atoms. The first-order chi connectivity index (χ1) is 19.2. The van der Waals surface area contributed by atoms with Crippen LogP contribution in [0.1, 0.15) is 11.1 Å². The van der Waals surface area contributed by atoms with Crippen molar-refractivity contribution in [1.82, 2.24) is 8.96 Å². The average molecular weight is 645 g/mol. The molecule has 4 aromatic rings. The lowest BCUT2D eigenvalue weighted by molar-refractivity contribution is 0.300. The molecule has 1 N–H and O–H groups in total. The molecule has 0 bridgehead atoms. The maximum Gasteiger partial charge on any atom is 0.367 e. The van der Waals surface area contributed by atoms with Crippen LogP contribution < -0.4 is 4.18 Å². The van der Waals surface area contributed by atoms with Crippen molar-refractivity contribution in [2.24, 2.45) is 0 Å². The van der Waals surface area contributed by atoms with Gasteiger partial charge in [-0.3, -0.25) is 12.9 Å². The van der Waals surface area contributed by atoms with Gasteiger partial charge >= 0.3 is 40.7 Å². The highest BCUT2D eigenvalue weighted by Gasteiger charge is 2.44. The van der Waals surface area contributed by atoms with Crippen LogP contribution in [0.15, 0.2) is 106 Å². The van der Waals surface area contributed by atoms with Crippen LogP contribution in [0.4, 0.5) is 0 Å². The Morgan fingerprint density at radius 2 is 1.05 bits per heavy atom. The Balaban J connectivity index is 1.91. The Morgan fingerprint density at radius 3 is 1.51 bits per heavy atom. The van der Waals surface area contributed by atoms with Gasteiger partial charge in [0.1, 0.15) is 5.75 Å². The van der Waals surface area contributed by atoms with Crippen LogP contribution in [-0.2, 0) is 62.2 Å². The molecule has 0 aliphatic rings. The fourth-order valence-electron chi connectivity index (χ4n) is 3.28. The molecule has 0 amide bonds. The third kappa shape index (κ3) is 7.17. The number of nitrogens with zero attached hydrogens (tertiary/aromatic N) is 2. The van der Waals surface area contributed by atoms with Gasteiger partial charge in [0.2, 0.25) is 10.1 Å². The van der Waals surface area contributed by atoms with Crippen LogP contribution in [-0.4, -0.2) is 47.2 Å². The van der Waals surface area contributed by atoms with Crippen molar-refractivity contribution < 1.29 is 50.8 Å². The van der Waals surface area contributed by atoms with Gasteiger partial charge < -0.3 is 4.18 Å². The third-order valence-electron chi connectivity index (χ3n) is 5.06. The number of para-hydroxylation sites is 1. The van der Waals surface area contributed by atoms with Crippen molar-refractivity contribution in [3.05, 3.63) is 102 Å². The predicted octanol–water partition coefficient (Wildman–Crippen LogP) is 2.11. The Kier molecular flexibility index (Phi) is 8.64. The maximum absolute atomic E-state index is 13.3. The molecule has 0 atom stereocenters. The van der Waals surface area contributed by atoms with E-state index < -0.39 is 73.1 Å². The quantitative estimate of drug-likeness (QED) is 0.174. The largest absolute Gasteiger partial charge is 0.378 e. The normalized spacial score (nSPS) is 12.7. The highest BCUT2D eigenvalue weighted by molar-refractivity contribution is 7.91. The lowest BCUT2D eigenvalue weighted by atomic mass is 10.2. The molecule has 0 aliphatic heterocycles. The number of benzene rings is 3. The zero-order chi connectivity index (χ0) is 29.9. The summed E-state index contributed by atoms with van der Waals surface area (Å²) in [5.74, 6) is -0.354. The van der Waals surface area contributed by atoms with Crippen LogP contribution in [0, 0.1) is 0 Å². The Bertz CT molecular complexity index is 1960. The molecule has 0 aliphatic carbocycles. The number of imidazole rings is 1. The first-order valence-corrected chi connectivity index (χ1v) is 16.8. The molecular weight excluding hydrogens is 625 g/mol. The molecule has 3 aromatic carbocycles. The average Bonchev–Trinajstić information content (AvgIpc) is 3.38. The summed E-state index contributed by atoms with van der Waals surface area (Å²) in [6, 6.07) is 21.8. The van der Waals surface area contributed by atoms with Gasteiger partial charge in [-0.05, 0) is 23.3 Å². The van der Waals surface area contributed by atoms with Gasteiger partial charge in [0, 0.05) is 0 Å². The summed E-state index contributed by atoms with van der Waals surface area (Å²) in [7, 11) is -22.1. The summed E-state index contributed by atoms with van der Waals surface area (Å²) in [5.41, 5.74) is 0.554. The summed E-state index contributed by atoms with van der Waals surface area (Å²) >= 11 is 0. The van der Waals surface area contributed by atoms with E-state index >= 15 is 0 Å². The van der Waals surface area contributed by atoms with E-state index in [0.717, 1.165) is 12.1 Å². The molecule has 0 fully saturated rings. The zero-order valence-corrected chi connectivity index (χ0v) is 23.8. The molecule has 1 aromatic heterocycles. The van der Waals surface area contributed by atoms with Crippen molar-refractivity contribution in [3.63, 3.8) is 0 Å². The van der Waals surface area contributed by atoms with E-state index in [4.69, 9.17) is 12.5 Å². The minimum Gasteiger partial charge on any atom is -0.378 e. The van der Waals surface area contributed by atoms with E-state index in [0.29, 0.717) is 5.56 Å². The minimum atomic E-state index is -5.89. The second kappa shape index (κ2) is 11.7. The van der Waals surface area contributed by atoms with Crippen molar-refractivity contribution >= 4 is 40.7 Å². The minimum absolute atomic E-state index is 0.262. The number of hydrogen-bond donors (Lipinski definition) is 1. The standard InChI is InChI=1S/C23H20N2O12S4/c26-38(27,37-20-14-8-3-9-15-20)21-22(39(28,29)35-16-18-10-4-1-5-11-18)25(41(32,33)34)23(24-21)40(30,31)36-17-19-12-6-2-7-13-19/h1-15H,16-17H2,(H,32,33,34). The van der Waals surface area contributed by atoms with Gasteiger partial charge in [-0.25, -0.2) is 0 Å². The molecule has 4 rings (SSSR count). The number of aromatic nitrogens is 2. The fraction of sp³-hybridized carbons (Fsp3) is 0.0870. The summed E-state index contributed by atoms with van der Waals surface area (Å²) in [6.45, 7) is -1.41. The van der Waals surface area contributed by atoms with Crippen molar-refractivity contribution in [2.75, 3.05) is 0 Å². The van der Waals surface area contributed by atoms with E-state index in [-0.39, 0.29) is 11.3 Å². The lowest BCUT2D eigenvalue weighted by Crippen LogP contribution is -2.24. The molecule has 0 radical (unpaired) electrons. The summed E-state index contributed by atoms with van der Waals surface area (Å²) in [6.07, 6.45) is 0. The van der Waals surface area contributed by atoms with E-state index in [2.05, 4.69) is 4.98 Å². The Hall–Kier alpha value is -3.65. The predicted molar refractivity (Wildman–Crippen MR) is 140 cm³/mol. The van der Waals surface area contributed by atoms with Crippen molar-refractivity contribution in [2.45, 2.75) is 28.4 Å². The zero-order valence-electron chi connectivity index (χ0n) is 20.5. The summed E-state index contributed by atoms with van der Waals surface area (Å²) < 4.78 is 128. The highest BCUT2D eigenvalue weighted by Crippen LogP contribution is 2.31. The first kappa shape index (κ1) is 30.3. The van der Waals surface area contributed by atoms with E-state index in [1.54, 1.807) is 24.3 Å². The second-order valence-corrected chi connectivity index (χ2v) is 13.8. The van der Waals surface area contributed by atoms with Crippen LogP contribution in [0.5, 0.6) is 5.75 Å². The molecule has 18 heteroatoms. The molecule has 41 heavy (non-hydrogen) atoms. The van der Waals surface area contributed by atoms with E-state index in [9.17, 15) is 38.2 Å². The monoisotopic (exact) mass is 644 g/mol. The smallest absolute Gasteiger partial charge is 0.367 e. The molecule has 218 valence electrons. The van der Waals surface area contributed by atoms with Crippen molar-refractivity contribution in [1.29, 1.82) is 0 Å². The van der Waals surface area contributed by atoms with Gasteiger partial charge in [-0.1, -0.05) is 78.9 Å². The Morgan fingerprint density at radius 1 is 0.610 bits per heavy atom.